The molecule has 1 saturated heterocycles. The lowest BCUT2D eigenvalue weighted by Gasteiger charge is -2.38. The number of nitrogens with two attached hydrogens (primary N) is 2. The van der Waals surface area contributed by atoms with Crippen LogP contribution in [0.3, 0.4) is 0 Å². The number of benzene rings is 1. The van der Waals surface area contributed by atoms with E-state index in [9.17, 15) is 14.0 Å². The number of ether oxygens (including phenoxy) is 1. The highest BCUT2D eigenvalue weighted by Crippen LogP contribution is 2.23. The predicted molar refractivity (Wildman–Crippen MR) is 110 cm³/mol. The highest BCUT2D eigenvalue weighted by molar-refractivity contribution is 5.95. The van der Waals surface area contributed by atoms with Gasteiger partial charge >= 0.3 is 0 Å². The zero-order valence-corrected chi connectivity index (χ0v) is 16.8. The van der Waals surface area contributed by atoms with Gasteiger partial charge in [0.25, 0.3) is 11.8 Å². The molecule has 9 heteroatoms. The van der Waals surface area contributed by atoms with Crippen LogP contribution in [-0.2, 0) is 4.79 Å². The molecule has 1 aromatic heterocycles. The predicted octanol–water partition coefficient (Wildman–Crippen LogP) is 1.59. The second-order valence-electron chi connectivity index (χ2n) is 7.46. The molecule has 0 bridgehead atoms. The number of nitrogens with zero attached hydrogens (tertiary/aromatic N) is 3. The minimum absolute atomic E-state index is 0.0366. The van der Waals surface area contributed by atoms with E-state index in [2.05, 4.69) is 9.98 Å². The summed E-state index contributed by atoms with van der Waals surface area (Å²) in [7, 11) is 0. The largest absolute Gasteiger partial charge is 0.486 e. The van der Waals surface area contributed by atoms with Gasteiger partial charge in [-0.3, -0.25) is 19.5 Å². The maximum Gasteiger partial charge on any atom is 0.261 e. The van der Waals surface area contributed by atoms with Gasteiger partial charge in [-0.1, -0.05) is 19.9 Å². The first-order valence-electron chi connectivity index (χ1n) is 9.54. The number of aromatic nitrogens is 1. The van der Waals surface area contributed by atoms with Crippen molar-refractivity contribution in [3.63, 3.8) is 0 Å². The van der Waals surface area contributed by atoms with E-state index in [1.165, 1.54) is 12.1 Å². The Bertz CT molecular complexity index is 969. The van der Waals surface area contributed by atoms with Crippen molar-refractivity contribution in [3.05, 3.63) is 47.9 Å². The molecule has 158 valence electrons. The van der Waals surface area contributed by atoms with E-state index in [-0.39, 0.29) is 30.0 Å². The summed E-state index contributed by atoms with van der Waals surface area (Å²) in [4.78, 5) is 33.1. The summed E-state index contributed by atoms with van der Waals surface area (Å²) < 4.78 is 19.8. The number of primary amides is 1. The van der Waals surface area contributed by atoms with Crippen LogP contribution in [0.4, 0.5) is 4.39 Å². The number of carbonyl (C=O) groups excluding carboxylic acids is 2. The summed E-state index contributed by atoms with van der Waals surface area (Å²) in [6, 6.07) is 7.59. The van der Waals surface area contributed by atoms with Crippen molar-refractivity contribution in [2.24, 2.45) is 22.4 Å². The number of likely N-dealkylation sites (tertiary alicyclic amines) is 1. The number of carbonyl (C=O) groups is 2. The maximum absolute atomic E-state index is 13.9. The number of halogens is 1. The molecule has 3 rings (SSSR count). The molecule has 0 atom stereocenters. The van der Waals surface area contributed by atoms with Gasteiger partial charge in [-0.05, 0) is 24.3 Å². The third kappa shape index (κ3) is 5.18. The normalized spacial score (nSPS) is 15.1. The molecule has 0 unspecified atom stereocenters. The van der Waals surface area contributed by atoms with Crippen molar-refractivity contribution >= 4 is 17.6 Å². The third-order valence-corrected chi connectivity index (χ3v) is 4.70. The Kier molecular flexibility index (Phi) is 6.41. The van der Waals surface area contributed by atoms with Crippen molar-refractivity contribution in [1.82, 2.24) is 9.88 Å². The highest BCUT2D eigenvalue weighted by Gasteiger charge is 2.30. The molecule has 0 saturated carbocycles. The fraction of sp³-hybridized carbons (Fsp3) is 0.333. The summed E-state index contributed by atoms with van der Waals surface area (Å²) in [6.45, 7) is 5.17. The van der Waals surface area contributed by atoms with Gasteiger partial charge in [0.05, 0.1) is 24.0 Å². The number of hydrogen-bond donors (Lipinski definition) is 2. The molecule has 4 N–H and O–H groups in total. The smallest absolute Gasteiger partial charge is 0.261 e. The van der Waals surface area contributed by atoms with Gasteiger partial charge < -0.3 is 16.2 Å². The summed E-state index contributed by atoms with van der Waals surface area (Å²) >= 11 is 0. The molecule has 2 heterocycles. The highest BCUT2D eigenvalue weighted by atomic mass is 19.1. The van der Waals surface area contributed by atoms with Gasteiger partial charge in [0.15, 0.2) is 0 Å². The second-order valence-corrected chi connectivity index (χ2v) is 7.46. The van der Waals surface area contributed by atoms with Crippen LogP contribution in [0.2, 0.25) is 0 Å². The quantitative estimate of drug-likeness (QED) is 0.525. The lowest BCUT2D eigenvalue weighted by molar-refractivity contribution is -0.121. The average molecular weight is 413 g/mol. The van der Waals surface area contributed by atoms with E-state index in [0.717, 1.165) is 0 Å². The molecule has 2 amide bonds. The zero-order chi connectivity index (χ0) is 21.8. The Labute approximate surface area is 173 Å². The molecule has 8 nitrogen and oxygen atoms in total. The molecule has 0 spiro atoms. The summed E-state index contributed by atoms with van der Waals surface area (Å²) in [6.07, 6.45) is 1.50. The SMILES string of the molecule is CC(C)C(N)=NC(=O)CN1CC(Oc2ccc(-c3ccc(C(N)=O)c(F)c3)nc2)C1. The number of hydrogen-bond acceptors (Lipinski definition) is 5. The number of pyridine rings is 1. The lowest BCUT2D eigenvalue weighted by atomic mass is 10.1. The molecule has 0 radical (unpaired) electrons. The van der Waals surface area contributed by atoms with E-state index in [0.29, 0.717) is 35.9 Å². The van der Waals surface area contributed by atoms with Gasteiger partial charge in [0, 0.05) is 24.6 Å². The van der Waals surface area contributed by atoms with E-state index in [1.54, 1.807) is 24.4 Å². The molecule has 1 fully saturated rings. The third-order valence-electron chi connectivity index (χ3n) is 4.70. The maximum atomic E-state index is 13.9. The standard InChI is InChI=1S/C21H24FN5O3/c1-12(2)20(23)26-19(28)11-27-9-15(10-27)30-14-4-6-18(25-8-14)13-3-5-16(21(24)29)17(22)7-13/h3-8,12,15H,9-11H2,1-2H3,(H2,24,29)(H2,23,26,28). The average Bonchev–Trinajstić information content (AvgIpc) is 2.66. The van der Waals surface area contributed by atoms with Crippen molar-refractivity contribution in [2.45, 2.75) is 20.0 Å². The summed E-state index contributed by atoms with van der Waals surface area (Å²) in [5, 5.41) is 0. The molecular formula is C21H24FN5O3. The summed E-state index contributed by atoms with van der Waals surface area (Å²) in [5.41, 5.74) is 11.7. The van der Waals surface area contributed by atoms with Crippen molar-refractivity contribution in [1.29, 1.82) is 0 Å². The van der Waals surface area contributed by atoms with Crippen LogP contribution < -0.4 is 16.2 Å². The minimum Gasteiger partial charge on any atom is -0.486 e. The van der Waals surface area contributed by atoms with Crippen LogP contribution in [0.5, 0.6) is 5.75 Å². The Hall–Kier alpha value is -3.33. The van der Waals surface area contributed by atoms with Crippen molar-refractivity contribution < 1.29 is 18.7 Å². The van der Waals surface area contributed by atoms with Crippen LogP contribution >= 0.6 is 0 Å². The summed E-state index contributed by atoms with van der Waals surface area (Å²) in [5.74, 6) is -0.822. The first-order valence-corrected chi connectivity index (χ1v) is 9.54. The number of aliphatic imine (C=N–C) groups is 1. The van der Waals surface area contributed by atoms with Gasteiger partial charge in [0.2, 0.25) is 0 Å². The minimum atomic E-state index is -0.817. The Morgan fingerprint density at radius 1 is 1.27 bits per heavy atom. The van der Waals surface area contributed by atoms with E-state index in [4.69, 9.17) is 16.2 Å². The number of amidine groups is 1. The molecular weight excluding hydrogens is 389 g/mol. The van der Waals surface area contributed by atoms with Crippen molar-refractivity contribution in [3.8, 4) is 17.0 Å². The van der Waals surface area contributed by atoms with Crippen LogP contribution in [0.25, 0.3) is 11.3 Å². The molecule has 1 aliphatic heterocycles. The van der Waals surface area contributed by atoms with Gasteiger partial charge in [-0.25, -0.2) is 4.39 Å². The molecule has 0 aliphatic carbocycles. The number of amides is 2. The number of rotatable bonds is 7. The van der Waals surface area contributed by atoms with Gasteiger partial charge in [-0.2, -0.15) is 4.99 Å². The first kappa shape index (κ1) is 21.4. The van der Waals surface area contributed by atoms with E-state index < -0.39 is 11.7 Å². The fourth-order valence-electron chi connectivity index (χ4n) is 2.91. The van der Waals surface area contributed by atoms with Crippen LogP contribution in [0, 0.1) is 11.7 Å². The molecule has 1 aliphatic rings. The van der Waals surface area contributed by atoms with Gasteiger partial charge in [0.1, 0.15) is 23.5 Å². The van der Waals surface area contributed by atoms with E-state index >= 15 is 0 Å². The fourth-order valence-corrected chi connectivity index (χ4v) is 2.91. The zero-order valence-electron chi connectivity index (χ0n) is 16.8. The monoisotopic (exact) mass is 413 g/mol. The van der Waals surface area contributed by atoms with Crippen LogP contribution in [-0.4, -0.2) is 53.3 Å². The Morgan fingerprint density at radius 2 is 2.00 bits per heavy atom. The van der Waals surface area contributed by atoms with Crippen molar-refractivity contribution in [2.75, 3.05) is 19.6 Å². The van der Waals surface area contributed by atoms with Gasteiger partial charge in [-0.15, -0.1) is 0 Å². The molecule has 30 heavy (non-hydrogen) atoms. The second kappa shape index (κ2) is 9.00. The molecule has 1 aromatic carbocycles. The Morgan fingerprint density at radius 3 is 2.57 bits per heavy atom. The van der Waals surface area contributed by atoms with Crippen LogP contribution in [0.1, 0.15) is 24.2 Å². The van der Waals surface area contributed by atoms with Crippen LogP contribution in [0.15, 0.2) is 41.5 Å². The van der Waals surface area contributed by atoms with E-state index in [1.807, 2.05) is 18.7 Å². The molecule has 2 aromatic rings. The lowest BCUT2D eigenvalue weighted by Crippen LogP contribution is -2.55. The Balaban J connectivity index is 1.52. The first-order chi connectivity index (χ1) is 14.2. The topological polar surface area (TPSA) is 124 Å².